The van der Waals surface area contributed by atoms with Gasteiger partial charge >= 0.3 is 0 Å². The fourth-order valence-corrected chi connectivity index (χ4v) is 4.81. The third-order valence-electron chi connectivity index (χ3n) is 4.31. The van der Waals surface area contributed by atoms with Gasteiger partial charge < -0.3 is 14.2 Å². The maximum atomic E-state index is 6.03. The Bertz CT molecular complexity index is 1040. The zero-order chi connectivity index (χ0) is 17.5. The van der Waals surface area contributed by atoms with Gasteiger partial charge in [-0.25, -0.2) is 0 Å². The first-order valence-electron chi connectivity index (χ1n) is 8.20. The van der Waals surface area contributed by atoms with E-state index in [0.29, 0.717) is 11.0 Å². The molecule has 1 aromatic carbocycles. The van der Waals surface area contributed by atoms with Crippen molar-refractivity contribution in [3.05, 3.63) is 40.7 Å². The Morgan fingerprint density at radius 3 is 2.69 bits per heavy atom. The Kier molecular flexibility index (Phi) is 4.03. The van der Waals surface area contributed by atoms with Crippen molar-refractivity contribution in [1.29, 1.82) is 0 Å². The first-order valence-corrected chi connectivity index (χ1v) is 10.3. The van der Waals surface area contributed by atoms with Gasteiger partial charge in [0.05, 0.1) is 4.88 Å². The SMILES string of the molecule is Clc1ccc2oc(N3CCN(c4nnc(-c5cccs5)s4)CC3)nc2c1. The molecule has 1 saturated heterocycles. The molecule has 5 rings (SSSR count). The van der Waals surface area contributed by atoms with Crippen molar-refractivity contribution < 1.29 is 4.42 Å². The fourth-order valence-electron chi connectivity index (χ4n) is 2.96. The quantitative estimate of drug-likeness (QED) is 0.505. The largest absolute Gasteiger partial charge is 0.423 e. The number of anilines is 2. The second-order valence-electron chi connectivity index (χ2n) is 5.95. The van der Waals surface area contributed by atoms with Crippen LogP contribution in [0.3, 0.4) is 0 Å². The smallest absolute Gasteiger partial charge is 0.298 e. The number of nitrogens with zero attached hydrogens (tertiary/aromatic N) is 5. The van der Waals surface area contributed by atoms with Crippen LogP contribution in [0, 0.1) is 0 Å². The molecule has 4 heterocycles. The van der Waals surface area contributed by atoms with E-state index < -0.39 is 0 Å². The minimum Gasteiger partial charge on any atom is -0.423 e. The van der Waals surface area contributed by atoms with Crippen LogP contribution in [-0.2, 0) is 0 Å². The predicted octanol–water partition coefficient (Wildman–Crippen LogP) is 4.39. The molecule has 9 heteroatoms. The highest BCUT2D eigenvalue weighted by atomic mass is 35.5. The average Bonchev–Trinajstić information content (AvgIpc) is 3.40. The van der Waals surface area contributed by atoms with Crippen molar-refractivity contribution in [1.82, 2.24) is 15.2 Å². The Morgan fingerprint density at radius 2 is 1.88 bits per heavy atom. The molecule has 1 fully saturated rings. The van der Waals surface area contributed by atoms with Crippen LogP contribution in [0.5, 0.6) is 0 Å². The van der Waals surface area contributed by atoms with E-state index in [0.717, 1.165) is 52.3 Å². The summed E-state index contributed by atoms with van der Waals surface area (Å²) >= 11 is 9.36. The number of hydrogen-bond acceptors (Lipinski definition) is 8. The fraction of sp³-hybridized carbons (Fsp3) is 0.235. The molecule has 0 aliphatic carbocycles. The molecule has 0 atom stereocenters. The number of piperazine rings is 1. The molecule has 0 unspecified atom stereocenters. The highest BCUT2D eigenvalue weighted by Crippen LogP contribution is 2.32. The van der Waals surface area contributed by atoms with Crippen LogP contribution in [0.2, 0.25) is 5.02 Å². The zero-order valence-electron chi connectivity index (χ0n) is 13.6. The lowest BCUT2D eigenvalue weighted by Crippen LogP contribution is -2.46. The number of benzene rings is 1. The van der Waals surface area contributed by atoms with Crippen LogP contribution in [-0.4, -0.2) is 41.4 Å². The molecule has 0 amide bonds. The Hall–Kier alpha value is -2.16. The molecule has 1 aliphatic rings. The summed E-state index contributed by atoms with van der Waals surface area (Å²) < 4.78 is 5.87. The highest BCUT2D eigenvalue weighted by Gasteiger charge is 2.23. The molecule has 0 radical (unpaired) electrons. The Labute approximate surface area is 162 Å². The van der Waals surface area contributed by atoms with E-state index in [-0.39, 0.29) is 0 Å². The predicted molar refractivity (Wildman–Crippen MR) is 107 cm³/mol. The molecule has 4 aromatic rings. The zero-order valence-corrected chi connectivity index (χ0v) is 16.0. The van der Waals surface area contributed by atoms with E-state index in [1.165, 1.54) is 0 Å². The number of aromatic nitrogens is 3. The number of oxazole rings is 1. The molecule has 3 aromatic heterocycles. The summed E-state index contributed by atoms with van der Waals surface area (Å²) in [6.45, 7) is 3.38. The third kappa shape index (κ3) is 2.94. The summed E-state index contributed by atoms with van der Waals surface area (Å²) in [6.07, 6.45) is 0. The van der Waals surface area contributed by atoms with Crippen LogP contribution in [0.4, 0.5) is 11.1 Å². The van der Waals surface area contributed by atoms with Gasteiger partial charge in [-0.15, -0.1) is 21.5 Å². The van der Waals surface area contributed by atoms with E-state index in [1.807, 2.05) is 24.3 Å². The molecule has 0 saturated carbocycles. The van der Waals surface area contributed by atoms with Crippen molar-refractivity contribution >= 4 is 56.5 Å². The molecule has 26 heavy (non-hydrogen) atoms. The first-order chi connectivity index (χ1) is 12.8. The summed E-state index contributed by atoms with van der Waals surface area (Å²) in [5.41, 5.74) is 1.55. The summed E-state index contributed by atoms with van der Waals surface area (Å²) in [5.74, 6) is 0. The van der Waals surface area contributed by atoms with Crippen LogP contribution in [0.15, 0.2) is 40.1 Å². The van der Waals surface area contributed by atoms with Crippen LogP contribution >= 0.6 is 34.3 Å². The van der Waals surface area contributed by atoms with Crippen molar-refractivity contribution in [3.63, 3.8) is 0 Å². The van der Waals surface area contributed by atoms with E-state index in [4.69, 9.17) is 16.0 Å². The number of halogens is 1. The molecule has 132 valence electrons. The van der Waals surface area contributed by atoms with Gasteiger partial charge in [-0.2, -0.15) is 4.98 Å². The number of rotatable bonds is 3. The van der Waals surface area contributed by atoms with Gasteiger partial charge in [0.15, 0.2) is 10.6 Å². The molecule has 0 spiro atoms. The van der Waals surface area contributed by atoms with Gasteiger partial charge in [0, 0.05) is 31.2 Å². The second-order valence-corrected chi connectivity index (χ2v) is 8.29. The van der Waals surface area contributed by atoms with Gasteiger partial charge in [0.1, 0.15) is 5.52 Å². The third-order valence-corrected chi connectivity index (χ3v) is 6.56. The van der Waals surface area contributed by atoms with E-state index in [1.54, 1.807) is 22.7 Å². The number of thiophene rings is 1. The maximum Gasteiger partial charge on any atom is 0.298 e. The minimum atomic E-state index is 0.651. The average molecular weight is 404 g/mol. The summed E-state index contributed by atoms with van der Waals surface area (Å²) in [5, 5.41) is 13.4. The van der Waals surface area contributed by atoms with Gasteiger partial charge in [-0.1, -0.05) is 29.0 Å². The van der Waals surface area contributed by atoms with Gasteiger partial charge in [0.2, 0.25) is 5.13 Å². The first kappa shape index (κ1) is 16.0. The monoisotopic (exact) mass is 403 g/mol. The molecular weight excluding hydrogens is 390 g/mol. The van der Waals surface area contributed by atoms with Crippen LogP contribution < -0.4 is 9.80 Å². The number of fused-ring (bicyclic) bond motifs is 1. The van der Waals surface area contributed by atoms with Crippen LogP contribution in [0.1, 0.15) is 0 Å². The van der Waals surface area contributed by atoms with Gasteiger partial charge in [-0.3, -0.25) is 0 Å². The summed E-state index contributed by atoms with van der Waals surface area (Å²) in [7, 11) is 0. The Balaban J connectivity index is 1.29. The molecule has 0 N–H and O–H groups in total. The van der Waals surface area contributed by atoms with E-state index >= 15 is 0 Å². The van der Waals surface area contributed by atoms with Crippen molar-refractivity contribution in [3.8, 4) is 9.88 Å². The van der Waals surface area contributed by atoms with Crippen molar-refractivity contribution in [2.75, 3.05) is 36.0 Å². The van der Waals surface area contributed by atoms with Crippen molar-refractivity contribution in [2.45, 2.75) is 0 Å². The topological polar surface area (TPSA) is 58.3 Å². The number of hydrogen-bond donors (Lipinski definition) is 0. The maximum absolute atomic E-state index is 6.03. The highest BCUT2D eigenvalue weighted by molar-refractivity contribution is 7.22. The summed E-state index contributed by atoms with van der Waals surface area (Å²) in [4.78, 5) is 10.2. The van der Waals surface area contributed by atoms with E-state index in [9.17, 15) is 0 Å². The van der Waals surface area contributed by atoms with Gasteiger partial charge in [0.25, 0.3) is 6.01 Å². The minimum absolute atomic E-state index is 0.651. The molecule has 6 nitrogen and oxygen atoms in total. The standard InChI is InChI=1S/C17H14ClN5OS2/c18-11-3-4-13-12(10-11)19-16(24-13)22-5-7-23(8-6-22)17-21-20-15(26-17)14-2-1-9-25-14/h1-4,9-10H,5-8H2. The Morgan fingerprint density at radius 1 is 1.04 bits per heavy atom. The van der Waals surface area contributed by atoms with Crippen molar-refractivity contribution in [2.24, 2.45) is 0 Å². The summed E-state index contributed by atoms with van der Waals surface area (Å²) in [6, 6.07) is 10.3. The molecule has 0 bridgehead atoms. The second kappa shape index (κ2) is 6.53. The lowest BCUT2D eigenvalue weighted by atomic mass is 10.3. The normalized spacial score (nSPS) is 15.1. The van der Waals surface area contributed by atoms with E-state index in [2.05, 4.69) is 36.4 Å². The lowest BCUT2D eigenvalue weighted by Gasteiger charge is -2.33. The van der Waals surface area contributed by atoms with Gasteiger partial charge in [-0.05, 0) is 29.6 Å². The lowest BCUT2D eigenvalue weighted by molar-refractivity contribution is 0.541. The van der Waals surface area contributed by atoms with Crippen LogP contribution in [0.25, 0.3) is 21.0 Å². The molecular formula is C17H14ClN5OS2. The molecule has 1 aliphatic heterocycles.